The fraction of sp³-hybridized carbons (Fsp3) is 0.0833. The molecule has 0 atom stereocenters. The predicted octanol–water partition coefficient (Wildman–Crippen LogP) is 2.65. The second kappa shape index (κ2) is 4.55. The van der Waals surface area contributed by atoms with E-state index in [9.17, 15) is 8.78 Å². The van der Waals surface area contributed by atoms with E-state index in [0.29, 0.717) is 22.2 Å². The smallest absolute Gasteiger partial charge is 0.180 e. The molecule has 0 aliphatic heterocycles. The Bertz CT molecular complexity index is 757. The van der Waals surface area contributed by atoms with E-state index in [-0.39, 0.29) is 6.42 Å². The van der Waals surface area contributed by atoms with E-state index in [4.69, 9.17) is 11.6 Å². The second-order valence-electron chi connectivity index (χ2n) is 3.95. The fourth-order valence-corrected chi connectivity index (χ4v) is 2.06. The van der Waals surface area contributed by atoms with Crippen molar-refractivity contribution in [2.24, 2.45) is 0 Å². The zero-order valence-electron chi connectivity index (χ0n) is 9.52. The summed E-state index contributed by atoms with van der Waals surface area (Å²) in [4.78, 5) is 3.88. The summed E-state index contributed by atoms with van der Waals surface area (Å²) in [5, 5.41) is 8.17. The summed E-state index contributed by atoms with van der Waals surface area (Å²) in [6.45, 7) is 0. The summed E-state index contributed by atoms with van der Waals surface area (Å²) >= 11 is 6.00. The highest BCUT2D eigenvalue weighted by molar-refractivity contribution is 6.29. The lowest BCUT2D eigenvalue weighted by Gasteiger charge is -2.03. The van der Waals surface area contributed by atoms with Gasteiger partial charge in [-0.1, -0.05) is 17.7 Å². The van der Waals surface area contributed by atoms with Crippen LogP contribution in [0.5, 0.6) is 0 Å². The molecule has 0 amide bonds. The van der Waals surface area contributed by atoms with E-state index in [1.54, 1.807) is 4.40 Å². The van der Waals surface area contributed by atoms with Crippen LogP contribution in [0.3, 0.4) is 0 Å². The van der Waals surface area contributed by atoms with Crippen LogP contribution >= 0.6 is 11.6 Å². The summed E-state index contributed by atoms with van der Waals surface area (Å²) in [5.74, 6) is -0.774. The number of hydrogen-bond donors (Lipinski definition) is 0. The van der Waals surface area contributed by atoms with E-state index in [0.717, 1.165) is 6.07 Å². The molecule has 2 heterocycles. The van der Waals surface area contributed by atoms with Crippen LogP contribution in [-0.4, -0.2) is 19.6 Å². The third-order valence-electron chi connectivity index (χ3n) is 2.70. The summed E-state index contributed by atoms with van der Waals surface area (Å²) in [6.07, 6.45) is 3.11. The summed E-state index contributed by atoms with van der Waals surface area (Å²) in [6, 6.07) is 3.41. The molecule has 0 fully saturated rings. The molecule has 3 aromatic rings. The first-order valence-corrected chi connectivity index (χ1v) is 5.80. The van der Waals surface area contributed by atoms with E-state index in [1.165, 1.54) is 24.5 Å². The van der Waals surface area contributed by atoms with Gasteiger partial charge in [0.05, 0.1) is 12.4 Å². The molecule has 0 N–H and O–H groups in total. The summed E-state index contributed by atoms with van der Waals surface area (Å²) in [5.41, 5.74) is 0.800. The van der Waals surface area contributed by atoms with Crippen LogP contribution in [0.25, 0.3) is 5.65 Å². The van der Waals surface area contributed by atoms with Gasteiger partial charge in [-0.2, -0.15) is 0 Å². The maximum Gasteiger partial charge on any atom is 0.180 e. The van der Waals surface area contributed by atoms with Gasteiger partial charge in [0.2, 0.25) is 0 Å². The number of fused-ring (bicyclic) bond motifs is 1. The van der Waals surface area contributed by atoms with Crippen molar-refractivity contribution in [3.8, 4) is 0 Å². The zero-order chi connectivity index (χ0) is 13.4. The van der Waals surface area contributed by atoms with E-state index >= 15 is 0 Å². The fourth-order valence-electron chi connectivity index (χ4n) is 1.82. The lowest BCUT2D eigenvalue weighted by Crippen LogP contribution is -2.00. The molecule has 7 heteroatoms. The first kappa shape index (κ1) is 12.0. The quantitative estimate of drug-likeness (QED) is 0.725. The number of hydrogen-bond acceptors (Lipinski definition) is 3. The topological polar surface area (TPSA) is 43.1 Å². The maximum absolute atomic E-state index is 13.6. The average molecular weight is 281 g/mol. The normalized spacial score (nSPS) is 11.1. The molecule has 0 bridgehead atoms. The average Bonchev–Trinajstić information content (AvgIpc) is 2.77. The van der Waals surface area contributed by atoms with Gasteiger partial charge in [-0.15, -0.1) is 10.2 Å². The van der Waals surface area contributed by atoms with Gasteiger partial charge < -0.3 is 0 Å². The Hall–Kier alpha value is -2.08. The first-order valence-electron chi connectivity index (χ1n) is 5.42. The third-order valence-corrected chi connectivity index (χ3v) is 2.97. The highest BCUT2D eigenvalue weighted by Crippen LogP contribution is 2.17. The summed E-state index contributed by atoms with van der Waals surface area (Å²) < 4.78 is 28.0. The van der Waals surface area contributed by atoms with Crippen LogP contribution in [0.15, 0.2) is 30.6 Å². The SMILES string of the molecule is Fc1ccc(Cc2nnc3cncc(Cl)n23)c(F)c1. The molecule has 0 unspecified atom stereocenters. The van der Waals surface area contributed by atoms with Crippen molar-refractivity contribution < 1.29 is 8.78 Å². The zero-order valence-corrected chi connectivity index (χ0v) is 10.3. The molecule has 1 aromatic carbocycles. The van der Waals surface area contributed by atoms with Crippen LogP contribution < -0.4 is 0 Å². The molecular weight excluding hydrogens is 274 g/mol. The highest BCUT2D eigenvalue weighted by Gasteiger charge is 2.12. The van der Waals surface area contributed by atoms with Crippen molar-refractivity contribution in [1.29, 1.82) is 0 Å². The molecule has 96 valence electrons. The minimum absolute atomic E-state index is 0.164. The highest BCUT2D eigenvalue weighted by atomic mass is 35.5. The van der Waals surface area contributed by atoms with E-state index < -0.39 is 11.6 Å². The van der Waals surface area contributed by atoms with Gasteiger partial charge in [-0.3, -0.25) is 9.38 Å². The second-order valence-corrected chi connectivity index (χ2v) is 4.34. The molecule has 0 aliphatic rings. The van der Waals surface area contributed by atoms with E-state index in [1.807, 2.05) is 0 Å². The van der Waals surface area contributed by atoms with Crippen LogP contribution in [-0.2, 0) is 6.42 Å². The molecular formula is C12H7ClF2N4. The Morgan fingerprint density at radius 2 is 2.00 bits per heavy atom. The van der Waals surface area contributed by atoms with Gasteiger partial charge in [0.1, 0.15) is 22.6 Å². The third kappa shape index (κ3) is 2.15. The Morgan fingerprint density at radius 3 is 2.79 bits per heavy atom. The molecule has 19 heavy (non-hydrogen) atoms. The van der Waals surface area contributed by atoms with Crippen molar-refractivity contribution in [2.75, 3.05) is 0 Å². The largest absolute Gasteiger partial charge is 0.266 e. The van der Waals surface area contributed by atoms with Crippen LogP contribution in [0.4, 0.5) is 8.78 Å². The maximum atomic E-state index is 13.6. The Labute approximate surface area is 111 Å². The molecule has 0 saturated carbocycles. The Morgan fingerprint density at radius 1 is 1.16 bits per heavy atom. The number of halogens is 3. The molecule has 2 aromatic heterocycles. The van der Waals surface area contributed by atoms with Crippen molar-refractivity contribution in [3.63, 3.8) is 0 Å². The van der Waals surface area contributed by atoms with Gasteiger partial charge in [-0.05, 0) is 11.6 Å². The first-order chi connectivity index (χ1) is 9.15. The molecule has 4 nitrogen and oxygen atoms in total. The Kier molecular flexibility index (Phi) is 2.87. The molecule has 0 spiro atoms. The van der Waals surface area contributed by atoms with Crippen LogP contribution in [0.1, 0.15) is 11.4 Å². The van der Waals surface area contributed by atoms with Gasteiger partial charge in [0, 0.05) is 12.5 Å². The standard InChI is InChI=1S/C12H7ClF2N4/c13-10-5-16-6-12-18-17-11(19(10)12)3-7-1-2-8(14)4-9(7)15/h1-2,4-6H,3H2. The molecule has 0 radical (unpaired) electrons. The number of benzene rings is 1. The van der Waals surface area contributed by atoms with Gasteiger partial charge >= 0.3 is 0 Å². The monoisotopic (exact) mass is 280 g/mol. The molecule has 3 rings (SSSR count). The van der Waals surface area contributed by atoms with Crippen molar-refractivity contribution in [1.82, 2.24) is 19.6 Å². The number of aromatic nitrogens is 4. The van der Waals surface area contributed by atoms with Gasteiger partial charge in [0.15, 0.2) is 5.65 Å². The van der Waals surface area contributed by atoms with E-state index in [2.05, 4.69) is 15.2 Å². The minimum Gasteiger partial charge on any atom is -0.266 e. The van der Waals surface area contributed by atoms with Gasteiger partial charge in [0.25, 0.3) is 0 Å². The van der Waals surface area contributed by atoms with Crippen LogP contribution in [0, 0.1) is 11.6 Å². The Balaban J connectivity index is 2.06. The number of nitrogens with zero attached hydrogens (tertiary/aromatic N) is 4. The molecule has 0 saturated heterocycles. The minimum atomic E-state index is -0.623. The van der Waals surface area contributed by atoms with Crippen molar-refractivity contribution >= 4 is 17.2 Å². The van der Waals surface area contributed by atoms with Crippen molar-refractivity contribution in [3.05, 3.63) is 58.8 Å². The van der Waals surface area contributed by atoms with Crippen molar-refractivity contribution in [2.45, 2.75) is 6.42 Å². The predicted molar refractivity (Wildman–Crippen MR) is 65.0 cm³/mol. The van der Waals surface area contributed by atoms with Gasteiger partial charge in [-0.25, -0.2) is 8.78 Å². The lowest BCUT2D eigenvalue weighted by atomic mass is 10.1. The number of rotatable bonds is 2. The van der Waals surface area contributed by atoms with Crippen LogP contribution in [0.2, 0.25) is 5.15 Å². The summed E-state index contributed by atoms with van der Waals surface area (Å²) in [7, 11) is 0. The lowest BCUT2D eigenvalue weighted by molar-refractivity contribution is 0.573. The molecule has 0 aliphatic carbocycles.